The van der Waals surface area contributed by atoms with Gasteiger partial charge in [0.1, 0.15) is 18.0 Å². The van der Waals surface area contributed by atoms with E-state index < -0.39 is 30.9 Å². The van der Waals surface area contributed by atoms with Crippen LogP contribution < -0.4 is 21.1 Å². The molecule has 1 aromatic carbocycles. The molecule has 0 saturated carbocycles. The third kappa shape index (κ3) is 5.05. The first-order valence-corrected chi connectivity index (χ1v) is 12.3. The van der Waals surface area contributed by atoms with E-state index in [1.165, 1.54) is 0 Å². The number of halogens is 2. The van der Waals surface area contributed by atoms with E-state index in [4.69, 9.17) is 14.0 Å². The summed E-state index contributed by atoms with van der Waals surface area (Å²) in [5, 5.41) is 22.0. The highest BCUT2D eigenvalue weighted by Gasteiger charge is 2.43. The van der Waals surface area contributed by atoms with Crippen LogP contribution in [0.25, 0.3) is 5.69 Å². The maximum atomic E-state index is 15.1. The van der Waals surface area contributed by atoms with Crippen LogP contribution in [-0.2, 0) is 6.98 Å². The minimum absolute atomic E-state index is 0.0272. The van der Waals surface area contributed by atoms with Crippen LogP contribution in [0.2, 0.25) is 0 Å². The van der Waals surface area contributed by atoms with Gasteiger partial charge in [0.15, 0.2) is 17.5 Å². The van der Waals surface area contributed by atoms with E-state index in [-0.39, 0.29) is 51.8 Å². The van der Waals surface area contributed by atoms with Crippen molar-refractivity contribution < 1.29 is 22.7 Å². The van der Waals surface area contributed by atoms with Gasteiger partial charge in [-0.2, -0.15) is 14.3 Å². The summed E-state index contributed by atoms with van der Waals surface area (Å²) >= 11 is 0. The van der Waals surface area contributed by atoms with Gasteiger partial charge >= 0.3 is 5.69 Å². The van der Waals surface area contributed by atoms with Crippen LogP contribution in [-0.4, -0.2) is 77.1 Å². The molecule has 2 saturated heterocycles. The standard InChI is InChI=1S/C24H31F2N9O3/c1-24(2)12-14(9-15-5-4-6-34(15)24)28-21-17(26)13-27-22(30-21)29-18-11-19(35-23(37)33(3)31-32-35)20(10-16(18)25)38-8-7-36/h10-11,13-15,36H,4-9,12H2,1-3H3,(H2,27,28,29,30)/t14-,15+/m1/s1/i3D3. The van der Waals surface area contributed by atoms with Crippen molar-refractivity contribution in [1.29, 1.82) is 0 Å². The Morgan fingerprint density at radius 1 is 1.29 bits per heavy atom. The lowest BCUT2D eigenvalue weighted by Crippen LogP contribution is -2.55. The van der Waals surface area contributed by atoms with Crippen molar-refractivity contribution in [2.45, 2.75) is 57.2 Å². The van der Waals surface area contributed by atoms with Gasteiger partial charge in [-0.25, -0.2) is 18.6 Å². The van der Waals surface area contributed by atoms with Crippen LogP contribution in [0.3, 0.4) is 0 Å². The van der Waals surface area contributed by atoms with Crippen molar-refractivity contribution in [3.8, 4) is 11.4 Å². The topological polar surface area (TPSA) is 135 Å². The molecule has 204 valence electrons. The van der Waals surface area contributed by atoms with Gasteiger partial charge in [0.2, 0.25) is 5.95 Å². The normalized spacial score (nSPS) is 22.3. The number of nitrogens with one attached hydrogen (secondary N) is 2. The molecule has 3 aromatic rings. The molecule has 0 spiro atoms. The Hall–Kier alpha value is -3.65. The molecular weight excluding hydrogens is 500 g/mol. The number of aryl methyl sites for hydroxylation is 1. The summed E-state index contributed by atoms with van der Waals surface area (Å²) in [4.78, 5) is 23.4. The van der Waals surface area contributed by atoms with E-state index >= 15 is 4.39 Å². The lowest BCUT2D eigenvalue weighted by molar-refractivity contribution is 0.0500. The molecule has 5 rings (SSSR count). The number of hydrogen-bond acceptors (Lipinski definition) is 10. The van der Waals surface area contributed by atoms with Gasteiger partial charge in [0, 0.05) is 34.8 Å². The molecule has 2 atom stereocenters. The SMILES string of the molecule is [2H]C([2H])([2H])n1nnn(-c2cc(Nc3ncc(F)c(N[C@@H]4C[C@@H]5CCCN5C(C)(C)C4)n3)c(F)cc2OCCO)c1=O. The molecule has 12 nitrogen and oxygen atoms in total. The molecule has 3 N–H and O–H groups in total. The number of tetrazole rings is 1. The summed E-state index contributed by atoms with van der Waals surface area (Å²) in [7, 11) is 0. The number of rotatable bonds is 8. The maximum absolute atomic E-state index is 15.1. The molecule has 0 aliphatic carbocycles. The number of aliphatic hydroxyl groups excluding tert-OH is 1. The van der Waals surface area contributed by atoms with Crippen molar-refractivity contribution >= 4 is 17.5 Å². The number of piperidine rings is 1. The van der Waals surface area contributed by atoms with Crippen molar-refractivity contribution in [1.82, 2.24) is 34.7 Å². The number of hydrogen-bond donors (Lipinski definition) is 3. The molecular formula is C24H31F2N9O3. The second-order valence-corrected chi connectivity index (χ2v) is 10.1. The third-order valence-corrected chi connectivity index (χ3v) is 7.00. The van der Waals surface area contributed by atoms with Crippen LogP contribution in [0.5, 0.6) is 5.75 Å². The zero-order valence-electron chi connectivity index (χ0n) is 24.0. The first-order valence-electron chi connectivity index (χ1n) is 13.8. The van der Waals surface area contributed by atoms with Crippen molar-refractivity contribution in [3.63, 3.8) is 0 Å². The summed E-state index contributed by atoms with van der Waals surface area (Å²) in [5.41, 5.74) is -1.57. The lowest BCUT2D eigenvalue weighted by atomic mass is 9.84. The Bertz CT molecular complexity index is 1480. The van der Waals surface area contributed by atoms with Gasteiger partial charge in [-0.05, 0) is 62.6 Å². The summed E-state index contributed by atoms with van der Waals surface area (Å²) in [6.45, 7) is 1.85. The van der Waals surface area contributed by atoms with Crippen LogP contribution in [0.15, 0.2) is 23.1 Å². The summed E-state index contributed by atoms with van der Waals surface area (Å²) < 4.78 is 58.4. The predicted molar refractivity (Wildman–Crippen MR) is 135 cm³/mol. The first kappa shape index (κ1) is 22.3. The number of aromatic nitrogens is 6. The van der Waals surface area contributed by atoms with E-state index in [9.17, 15) is 9.18 Å². The van der Waals surface area contributed by atoms with E-state index in [0.717, 1.165) is 50.6 Å². The number of anilines is 3. The summed E-state index contributed by atoms with van der Waals surface area (Å²) in [6.07, 6.45) is 4.82. The van der Waals surface area contributed by atoms with Crippen molar-refractivity contribution in [2.24, 2.45) is 6.98 Å². The highest BCUT2D eigenvalue weighted by atomic mass is 19.1. The number of fused-ring (bicyclic) bond motifs is 1. The molecule has 2 aliphatic rings. The van der Waals surface area contributed by atoms with Gasteiger partial charge in [0.05, 0.1) is 18.5 Å². The molecule has 14 heteroatoms. The van der Waals surface area contributed by atoms with Crippen LogP contribution in [0.4, 0.5) is 26.2 Å². The van der Waals surface area contributed by atoms with Gasteiger partial charge in [-0.1, -0.05) is 0 Å². The zero-order chi connectivity index (χ0) is 29.5. The largest absolute Gasteiger partial charge is 0.489 e. The Labute approximate surface area is 221 Å². The van der Waals surface area contributed by atoms with Gasteiger partial charge in [-0.15, -0.1) is 0 Å². The highest BCUT2D eigenvalue weighted by Crippen LogP contribution is 2.38. The Morgan fingerprint density at radius 3 is 2.89 bits per heavy atom. The van der Waals surface area contributed by atoms with Crippen molar-refractivity contribution in [2.75, 3.05) is 30.4 Å². The molecule has 2 aromatic heterocycles. The van der Waals surface area contributed by atoms with E-state index in [1.807, 2.05) is 0 Å². The Balaban J connectivity index is 1.43. The average molecular weight is 535 g/mol. The molecule has 4 heterocycles. The Kier molecular flexibility index (Phi) is 6.03. The minimum Gasteiger partial charge on any atom is -0.489 e. The average Bonchev–Trinajstić information content (AvgIpc) is 3.53. The van der Waals surface area contributed by atoms with Crippen LogP contribution in [0, 0.1) is 11.6 Å². The van der Waals surface area contributed by atoms with Crippen LogP contribution >= 0.6 is 0 Å². The molecule has 0 bridgehead atoms. The molecule has 0 radical (unpaired) electrons. The summed E-state index contributed by atoms with van der Waals surface area (Å²) in [6, 6.07) is 2.43. The van der Waals surface area contributed by atoms with Gasteiger partial charge < -0.3 is 20.5 Å². The molecule has 0 unspecified atom stereocenters. The fourth-order valence-corrected chi connectivity index (χ4v) is 5.44. The van der Waals surface area contributed by atoms with E-state index in [1.54, 1.807) is 0 Å². The van der Waals surface area contributed by atoms with Crippen molar-refractivity contribution in [3.05, 3.63) is 40.4 Å². The van der Waals surface area contributed by atoms with Gasteiger partial charge in [0.25, 0.3) is 0 Å². The number of benzene rings is 1. The minimum atomic E-state index is -2.91. The predicted octanol–water partition coefficient (Wildman–Crippen LogP) is 1.97. The Morgan fingerprint density at radius 2 is 2.13 bits per heavy atom. The highest BCUT2D eigenvalue weighted by molar-refractivity contribution is 5.63. The number of nitrogens with zero attached hydrogens (tertiary/aromatic N) is 7. The fourth-order valence-electron chi connectivity index (χ4n) is 5.44. The first-order chi connectivity index (χ1) is 19.4. The summed E-state index contributed by atoms with van der Waals surface area (Å²) in [5.74, 6) is -1.88. The smallest absolute Gasteiger partial charge is 0.368 e. The number of aliphatic hydroxyl groups is 1. The quantitative estimate of drug-likeness (QED) is 0.394. The molecule has 38 heavy (non-hydrogen) atoms. The third-order valence-electron chi connectivity index (χ3n) is 7.00. The second kappa shape index (κ2) is 10.3. The second-order valence-electron chi connectivity index (χ2n) is 10.1. The maximum Gasteiger partial charge on any atom is 0.368 e. The number of ether oxygens (including phenoxy) is 1. The molecule has 2 fully saturated rings. The zero-order valence-corrected chi connectivity index (χ0v) is 21.0. The van der Waals surface area contributed by atoms with E-state index in [2.05, 4.69) is 49.8 Å². The lowest BCUT2D eigenvalue weighted by Gasteiger charge is -2.47. The molecule has 0 amide bonds. The monoisotopic (exact) mass is 534 g/mol. The molecule has 2 aliphatic heterocycles. The van der Waals surface area contributed by atoms with Gasteiger partial charge in [-0.3, -0.25) is 4.90 Å². The van der Waals surface area contributed by atoms with E-state index in [0.29, 0.717) is 10.7 Å². The fraction of sp³-hybridized carbons (Fsp3) is 0.542. The van der Waals surface area contributed by atoms with Crippen LogP contribution in [0.1, 0.15) is 43.6 Å².